The van der Waals surface area contributed by atoms with E-state index in [1.807, 2.05) is 6.07 Å². The summed E-state index contributed by atoms with van der Waals surface area (Å²) in [6.45, 7) is 2.66. The monoisotopic (exact) mass is 323 g/mol. The van der Waals surface area contributed by atoms with E-state index in [0.29, 0.717) is 5.69 Å². The van der Waals surface area contributed by atoms with Crippen LogP contribution in [0.4, 0.5) is 0 Å². The van der Waals surface area contributed by atoms with E-state index >= 15 is 0 Å². The Balaban J connectivity index is 2.51. The van der Waals surface area contributed by atoms with E-state index in [9.17, 15) is 13.2 Å². The van der Waals surface area contributed by atoms with Crippen molar-refractivity contribution in [1.82, 2.24) is 14.1 Å². The number of hydrogen-bond donors (Lipinski definition) is 1. The van der Waals surface area contributed by atoms with Crippen LogP contribution in [0.1, 0.15) is 13.8 Å². The van der Waals surface area contributed by atoms with Crippen molar-refractivity contribution >= 4 is 16.0 Å². The molecule has 1 N–H and O–H groups in total. The van der Waals surface area contributed by atoms with Crippen LogP contribution >= 0.6 is 0 Å². The molecule has 0 aliphatic heterocycles. The highest BCUT2D eigenvalue weighted by Gasteiger charge is 2.32. The van der Waals surface area contributed by atoms with Gasteiger partial charge in [-0.05, 0) is 32.0 Å². The molecule has 22 heavy (non-hydrogen) atoms. The lowest BCUT2D eigenvalue weighted by Crippen LogP contribution is -2.41. The van der Waals surface area contributed by atoms with Crippen molar-refractivity contribution in [2.24, 2.45) is 0 Å². The number of carbonyl (C=O) groups is 1. The summed E-state index contributed by atoms with van der Waals surface area (Å²) in [4.78, 5) is 11.0. The summed E-state index contributed by atoms with van der Waals surface area (Å²) in [5.74, 6) is -1.21. The maximum Gasteiger partial charge on any atom is 0.318 e. The first-order chi connectivity index (χ1) is 10.3. The van der Waals surface area contributed by atoms with E-state index in [4.69, 9.17) is 5.11 Å². The largest absolute Gasteiger partial charge is 0.480 e. The normalized spacial score (nSPS) is 12.0. The predicted octanol–water partition coefficient (Wildman–Crippen LogP) is 1.36. The van der Waals surface area contributed by atoms with Crippen LogP contribution in [0, 0.1) is 0 Å². The Hall–Kier alpha value is -2.19. The van der Waals surface area contributed by atoms with Gasteiger partial charge in [-0.25, -0.2) is 13.1 Å². The molecular formula is C14H17N3O4S. The van der Waals surface area contributed by atoms with Crippen LogP contribution in [-0.4, -0.2) is 46.2 Å². The highest BCUT2D eigenvalue weighted by Crippen LogP contribution is 2.20. The number of rotatable bonds is 6. The number of aliphatic carboxylic acids is 1. The quantitative estimate of drug-likeness (QED) is 0.866. The van der Waals surface area contributed by atoms with Crippen molar-refractivity contribution in [3.8, 4) is 5.69 Å². The van der Waals surface area contributed by atoms with Crippen molar-refractivity contribution in [3.05, 3.63) is 42.6 Å². The number of benzene rings is 1. The van der Waals surface area contributed by atoms with Gasteiger partial charge in [0.1, 0.15) is 6.54 Å². The summed E-state index contributed by atoms with van der Waals surface area (Å²) in [7, 11) is -3.98. The van der Waals surface area contributed by atoms with Crippen molar-refractivity contribution in [2.75, 3.05) is 6.54 Å². The lowest BCUT2D eigenvalue weighted by atomic mass is 10.3. The average molecular weight is 323 g/mol. The number of para-hydroxylation sites is 1. The van der Waals surface area contributed by atoms with Gasteiger partial charge in [-0.2, -0.15) is 9.40 Å². The van der Waals surface area contributed by atoms with Gasteiger partial charge >= 0.3 is 5.97 Å². The Morgan fingerprint density at radius 3 is 2.45 bits per heavy atom. The Kier molecular flexibility index (Phi) is 4.62. The highest BCUT2D eigenvalue weighted by atomic mass is 32.2. The van der Waals surface area contributed by atoms with Gasteiger partial charge in [0.2, 0.25) is 0 Å². The molecule has 0 spiro atoms. The van der Waals surface area contributed by atoms with E-state index in [1.54, 1.807) is 38.1 Å². The third-order valence-corrected chi connectivity index (χ3v) is 5.05. The number of nitrogens with zero attached hydrogens (tertiary/aromatic N) is 3. The fourth-order valence-electron chi connectivity index (χ4n) is 2.05. The molecule has 0 saturated carbocycles. The molecular weight excluding hydrogens is 306 g/mol. The maximum absolute atomic E-state index is 12.8. The van der Waals surface area contributed by atoms with Crippen molar-refractivity contribution in [3.63, 3.8) is 0 Å². The zero-order chi connectivity index (χ0) is 16.3. The number of carboxylic acid groups (broad SMARTS) is 1. The van der Waals surface area contributed by atoms with Crippen LogP contribution < -0.4 is 0 Å². The van der Waals surface area contributed by atoms with Gasteiger partial charge in [-0.15, -0.1) is 0 Å². The van der Waals surface area contributed by atoms with Gasteiger partial charge < -0.3 is 5.11 Å². The molecule has 0 aliphatic rings. The van der Waals surface area contributed by atoms with E-state index in [-0.39, 0.29) is 5.03 Å². The van der Waals surface area contributed by atoms with Gasteiger partial charge in [-0.3, -0.25) is 4.79 Å². The third kappa shape index (κ3) is 3.18. The molecule has 0 amide bonds. The molecule has 8 heteroatoms. The van der Waals surface area contributed by atoms with Crippen LogP contribution in [-0.2, 0) is 14.8 Å². The number of sulfonamides is 1. The zero-order valence-electron chi connectivity index (χ0n) is 12.2. The second-order valence-corrected chi connectivity index (χ2v) is 6.79. The van der Waals surface area contributed by atoms with Gasteiger partial charge in [-0.1, -0.05) is 18.2 Å². The minimum atomic E-state index is -3.98. The van der Waals surface area contributed by atoms with Crippen LogP contribution in [0.15, 0.2) is 47.6 Å². The lowest BCUT2D eigenvalue weighted by Gasteiger charge is -2.24. The van der Waals surface area contributed by atoms with Crippen molar-refractivity contribution < 1.29 is 18.3 Å². The summed E-state index contributed by atoms with van der Waals surface area (Å²) in [6, 6.07) is 9.67. The first-order valence-electron chi connectivity index (χ1n) is 6.67. The molecule has 7 nitrogen and oxygen atoms in total. The Labute approximate surface area is 128 Å². The molecule has 0 radical (unpaired) electrons. The van der Waals surface area contributed by atoms with Gasteiger partial charge in [0, 0.05) is 6.04 Å². The lowest BCUT2D eigenvalue weighted by molar-refractivity contribution is -0.137. The van der Waals surface area contributed by atoms with Gasteiger partial charge in [0.15, 0.2) is 5.03 Å². The topological polar surface area (TPSA) is 92.5 Å². The average Bonchev–Trinajstić information content (AvgIpc) is 2.95. The standard InChI is InChI=1S/C14H17N3O4S/c1-11(2)16(10-14(18)19)22(20,21)13-8-9-15-17(13)12-6-4-3-5-7-12/h3-9,11H,10H2,1-2H3,(H,18,19). The molecule has 1 aromatic heterocycles. The SMILES string of the molecule is CC(C)N(CC(=O)O)S(=O)(=O)c1ccnn1-c1ccccc1. The summed E-state index contributed by atoms with van der Waals surface area (Å²) in [5, 5.41) is 12.9. The molecule has 2 rings (SSSR count). The van der Waals surface area contributed by atoms with Gasteiger partial charge in [0.25, 0.3) is 10.0 Å². The van der Waals surface area contributed by atoms with Crippen LogP contribution in [0.5, 0.6) is 0 Å². The fourth-order valence-corrected chi connectivity index (χ4v) is 3.73. The molecule has 0 fully saturated rings. The molecule has 0 atom stereocenters. The van der Waals surface area contributed by atoms with Crippen LogP contribution in [0.2, 0.25) is 0 Å². The summed E-state index contributed by atoms with van der Waals surface area (Å²) >= 11 is 0. The molecule has 0 aliphatic carbocycles. The predicted molar refractivity (Wildman–Crippen MR) is 80.2 cm³/mol. The maximum atomic E-state index is 12.8. The summed E-state index contributed by atoms with van der Waals surface area (Å²) in [6.07, 6.45) is 1.37. The first kappa shape index (κ1) is 16.2. The molecule has 118 valence electrons. The molecule has 0 saturated heterocycles. The summed E-state index contributed by atoms with van der Waals surface area (Å²) in [5.41, 5.74) is 0.588. The van der Waals surface area contributed by atoms with Crippen LogP contribution in [0.25, 0.3) is 5.69 Å². The fraction of sp³-hybridized carbons (Fsp3) is 0.286. The molecule has 1 aromatic carbocycles. The minimum Gasteiger partial charge on any atom is -0.480 e. The minimum absolute atomic E-state index is 0.0614. The molecule has 0 unspecified atom stereocenters. The van der Waals surface area contributed by atoms with E-state index in [1.165, 1.54) is 16.9 Å². The molecule has 1 heterocycles. The molecule has 0 bridgehead atoms. The number of hydrogen-bond acceptors (Lipinski definition) is 4. The van der Waals surface area contributed by atoms with E-state index in [0.717, 1.165) is 4.31 Å². The van der Waals surface area contributed by atoms with Gasteiger partial charge in [0.05, 0.1) is 11.9 Å². The second kappa shape index (κ2) is 6.29. The van der Waals surface area contributed by atoms with E-state index in [2.05, 4.69) is 5.10 Å². The Morgan fingerprint density at radius 1 is 1.27 bits per heavy atom. The second-order valence-electron chi connectivity index (χ2n) is 4.95. The summed E-state index contributed by atoms with van der Waals surface area (Å²) < 4.78 is 27.8. The first-order valence-corrected chi connectivity index (χ1v) is 8.11. The number of aromatic nitrogens is 2. The van der Waals surface area contributed by atoms with Crippen LogP contribution in [0.3, 0.4) is 0 Å². The Bertz CT molecular complexity index is 753. The third-order valence-electron chi connectivity index (χ3n) is 3.05. The molecule has 2 aromatic rings. The van der Waals surface area contributed by atoms with E-state index < -0.39 is 28.6 Å². The zero-order valence-corrected chi connectivity index (χ0v) is 13.1. The number of carboxylic acids is 1. The Morgan fingerprint density at radius 2 is 1.91 bits per heavy atom. The smallest absolute Gasteiger partial charge is 0.318 e. The van der Waals surface area contributed by atoms with Crippen molar-refractivity contribution in [1.29, 1.82) is 0 Å². The van der Waals surface area contributed by atoms with Crippen molar-refractivity contribution in [2.45, 2.75) is 24.9 Å². The highest BCUT2D eigenvalue weighted by molar-refractivity contribution is 7.89.